The molecule has 14 nitrogen and oxygen atoms in total. The summed E-state index contributed by atoms with van der Waals surface area (Å²) in [6.45, 7) is 3.80. The molecular weight excluding hydrogens is 608 g/mol. The van der Waals surface area contributed by atoms with Crippen molar-refractivity contribution in [1.82, 2.24) is 20.4 Å². The highest BCUT2D eigenvalue weighted by molar-refractivity contribution is 6.08. The number of benzene rings is 3. The lowest BCUT2D eigenvalue weighted by Gasteiger charge is -2.27. The van der Waals surface area contributed by atoms with Crippen LogP contribution in [0.2, 0.25) is 0 Å². The van der Waals surface area contributed by atoms with Gasteiger partial charge in [-0.05, 0) is 55.7 Å². The number of amides is 7. The summed E-state index contributed by atoms with van der Waals surface area (Å²) in [6, 6.07) is 20.2. The minimum absolute atomic E-state index is 0.0431. The molecule has 1 heterocycles. The van der Waals surface area contributed by atoms with Crippen molar-refractivity contribution in [1.29, 1.82) is 0 Å². The fraction of sp³-hybridized carbons (Fsp3) is 0.273. The standard InChI is InChI=1S/C33H36N6O8/c1-21-9-7-8-12-25(21)36-30(44)35-24-15-13-22(14-16-24)18-39-32(46)38(29(43)33(39,2)3)19-27(40)34-17-26(28(41)42)37-31(45)47-20-23-10-5-4-6-11-23/h4-16,26H,17-20H2,1-3H3,(H,34,40)(H,37,45)(H,41,42)(H2,35,36,44)/t26-/m0/s1. The predicted octanol–water partition coefficient (Wildman–Crippen LogP) is 3.68. The van der Waals surface area contributed by atoms with Gasteiger partial charge in [0, 0.05) is 24.5 Å². The van der Waals surface area contributed by atoms with E-state index >= 15 is 0 Å². The third-order valence-electron chi connectivity index (χ3n) is 7.46. The number of nitrogens with one attached hydrogen (secondary N) is 4. The molecule has 7 amide bonds. The second-order valence-electron chi connectivity index (χ2n) is 11.3. The van der Waals surface area contributed by atoms with Gasteiger partial charge in [-0.3, -0.25) is 14.5 Å². The van der Waals surface area contributed by atoms with Crippen LogP contribution in [0.15, 0.2) is 78.9 Å². The number of carboxylic acid groups (broad SMARTS) is 1. The molecule has 47 heavy (non-hydrogen) atoms. The zero-order valence-electron chi connectivity index (χ0n) is 26.1. The molecule has 14 heteroatoms. The number of rotatable bonds is 12. The maximum atomic E-state index is 13.3. The Morgan fingerprint density at radius 1 is 0.872 bits per heavy atom. The van der Waals surface area contributed by atoms with Crippen LogP contribution in [-0.2, 0) is 32.3 Å². The van der Waals surface area contributed by atoms with Crippen LogP contribution < -0.4 is 21.3 Å². The van der Waals surface area contributed by atoms with Gasteiger partial charge in [-0.25, -0.2) is 19.2 Å². The molecule has 0 bridgehead atoms. The Hall–Kier alpha value is -5.92. The second-order valence-corrected chi connectivity index (χ2v) is 11.3. The highest BCUT2D eigenvalue weighted by Gasteiger charge is 2.51. The first-order valence-corrected chi connectivity index (χ1v) is 14.7. The lowest BCUT2D eigenvalue weighted by atomic mass is 10.0. The zero-order valence-corrected chi connectivity index (χ0v) is 26.1. The smallest absolute Gasteiger partial charge is 0.408 e. The molecule has 0 unspecified atom stereocenters. The largest absolute Gasteiger partial charge is 0.480 e. The third-order valence-corrected chi connectivity index (χ3v) is 7.46. The van der Waals surface area contributed by atoms with E-state index in [9.17, 15) is 33.9 Å². The fourth-order valence-electron chi connectivity index (χ4n) is 4.72. The number of hydrogen-bond donors (Lipinski definition) is 5. The molecule has 0 radical (unpaired) electrons. The molecule has 1 aliphatic rings. The van der Waals surface area contributed by atoms with E-state index in [0.29, 0.717) is 22.5 Å². The number of alkyl carbamates (subject to hydrolysis) is 1. The number of aryl methyl sites for hydroxylation is 1. The predicted molar refractivity (Wildman–Crippen MR) is 171 cm³/mol. The molecule has 4 rings (SSSR count). The molecule has 1 fully saturated rings. The van der Waals surface area contributed by atoms with E-state index in [1.807, 2.05) is 25.1 Å². The zero-order chi connectivity index (χ0) is 34.1. The summed E-state index contributed by atoms with van der Waals surface area (Å²) in [6.07, 6.45) is -0.993. The van der Waals surface area contributed by atoms with Crippen molar-refractivity contribution in [3.63, 3.8) is 0 Å². The summed E-state index contributed by atoms with van der Waals surface area (Å²) in [7, 11) is 0. The van der Waals surface area contributed by atoms with E-state index in [1.165, 1.54) is 4.90 Å². The molecule has 0 spiro atoms. The van der Waals surface area contributed by atoms with E-state index < -0.39 is 60.6 Å². The Bertz CT molecular complexity index is 1640. The van der Waals surface area contributed by atoms with Gasteiger partial charge in [-0.2, -0.15) is 0 Å². The van der Waals surface area contributed by atoms with Gasteiger partial charge in [-0.1, -0.05) is 60.7 Å². The van der Waals surface area contributed by atoms with Gasteiger partial charge in [0.1, 0.15) is 24.7 Å². The van der Waals surface area contributed by atoms with E-state index in [-0.39, 0.29) is 13.2 Å². The average molecular weight is 645 g/mol. The van der Waals surface area contributed by atoms with Crippen LogP contribution in [0.5, 0.6) is 0 Å². The highest BCUT2D eigenvalue weighted by atomic mass is 16.5. The quantitative estimate of drug-likeness (QED) is 0.185. The van der Waals surface area contributed by atoms with Gasteiger partial charge in [0.25, 0.3) is 5.91 Å². The molecule has 1 aliphatic heterocycles. The normalized spacial score (nSPS) is 14.3. The van der Waals surface area contributed by atoms with Crippen molar-refractivity contribution in [3.8, 4) is 0 Å². The van der Waals surface area contributed by atoms with Crippen LogP contribution in [0.4, 0.5) is 25.8 Å². The van der Waals surface area contributed by atoms with Crippen molar-refractivity contribution >= 4 is 47.3 Å². The molecule has 3 aromatic carbocycles. The lowest BCUT2D eigenvalue weighted by molar-refractivity contribution is -0.139. The second kappa shape index (κ2) is 14.9. The number of carboxylic acids is 1. The Morgan fingerprint density at radius 3 is 2.19 bits per heavy atom. The number of imide groups is 1. The number of nitrogens with zero attached hydrogens (tertiary/aromatic N) is 2. The van der Waals surface area contributed by atoms with Gasteiger partial charge in [-0.15, -0.1) is 0 Å². The number of urea groups is 2. The molecule has 3 aromatic rings. The third kappa shape index (κ3) is 8.84. The summed E-state index contributed by atoms with van der Waals surface area (Å²) in [5, 5.41) is 19.5. The van der Waals surface area contributed by atoms with Gasteiger partial charge >= 0.3 is 24.1 Å². The Labute approximate surface area is 271 Å². The topological polar surface area (TPSA) is 186 Å². The number of carbonyl (C=O) groups is 6. The molecule has 1 saturated heterocycles. The van der Waals surface area contributed by atoms with Crippen molar-refractivity contribution in [2.75, 3.05) is 23.7 Å². The van der Waals surface area contributed by atoms with Crippen LogP contribution >= 0.6 is 0 Å². The molecule has 0 aliphatic carbocycles. The monoisotopic (exact) mass is 644 g/mol. The molecule has 0 aromatic heterocycles. The molecule has 5 N–H and O–H groups in total. The highest BCUT2D eigenvalue weighted by Crippen LogP contribution is 2.29. The van der Waals surface area contributed by atoms with Gasteiger partial charge < -0.3 is 36.0 Å². The van der Waals surface area contributed by atoms with E-state index in [0.717, 1.165) is 10.5 Å². The minimum Gasteiger partial charge on any atom is -0.480 e. The van der Waals surface area contributed by atoms with Crippen LogP contribution in [0.3, 0.4) is 0 Å². The summed E-state index contributed by atoms with van der Waals surface area (Å²) < 4.78 is 5.03. The van der Waals surface area contributed by atoms with E-state index in [1.54, 1.807) is 74.5 Å². The summed E-state index contributed by atoms with van der Waals surface area (Å²) in [4.78, 5) is 77.4. The molecule has 1 atom stereocenters. The number of para-hydroxylation sites is 1. The SMILES string of the molecule is Cc1ccccc1NC(=O)Nc1ccc(CN2C(=O)N(CC(=O)NC[C@H](NC(=O)OCc3ccccc3)C(=O)O)C(=O)C2(C)C)cc1. The number of carbonyl (C=O) groups excluding carboxylic acids is 5. The van der Waals surface area contributed by atoms with E-state index in [4.69, 9.17) is 4.74 Å². The van der Waals surface area contributed by atoms with Gasteiger partial charge in [0.15, 0.2) is 0 Å². The number of ether oxygens (including phenoxy) is 1. The minimum atomic E-state index is -1.52. The van der Waals surface area contributed by atoms with Crippen LogP contribution in [0, 0.1) is 6.92 Å². The Kier molecular flexibility index (Phi) is 10.8. The van der Waals surface area contributed by atoms with Crippen LogP contribution in [0.1, 0.15) is 30.5 Å². The molecule has 246 valence electrons. The van der Waals surface area contributed by atoms with Crippen molar-refractivity contribution in [2.45, 2.75) is 45.5 Å². The molecule has 0 saturated carbocycles. The first kappa shape index (κ1) is 34.0. The van der Waals surface area contributed by atoms with E-state index in [2.05, 4.69) is 21.3 Å². The number of aliphatic carboxylic acids is 1. The fourth-order valence-corrected chi connectivity index (χ4v) is 4.72. The first-order valence-electron chi connectivity index (χ1n) is 14.7. The Morgan fingerprint density at radius 2 is 1.53 bits per heavy atom. The van der Waals surface area contributed by atoms with Crippen LogP contribution in [0.25, 0.3) is 0 Å². The van der Waals surface area contributed by atoms with Crippen molar-refractivity contribution in [2.24, 2.45) is 0 Å². The first-order chi connectivity index (χ1) is 22.3. The average Bonchev–Trinajstić information content (AvgIpc) is 3.19. The van der Waals surface area contributed by atoms with Crippen molar-refractivity contribution in [3.05, 3.63) is 95.6 Å². The Balaban J connectivity index is 1.29. The molecular formula is C33H36N6O8. The maximum absolute atomic E-state index is 13.3. The summed E-state index contributed by atoms with van der Waals surface area (Å²) in [5.74, 6) is -2.83. The number of hydrogen-bond acceptors (Lipinski definition) is 7. The lowest BCUT2D eigenvalue weighted by Crippen LogP contribution is -2.50. The number of anilines is 2. The summed E-state index contributed by atoms with van der Waals surface area (Å²) >= 11 is 0. The maximum Gasteiger partial charge on any atom is 0.408 e. The van der Waals surface area contributed by atoms with Gasteiger partial charge in [0.2, 0.25) is 5.91 Å². The van der Waals surface area contributed by atoms with Gasteiger partial charge in [0.05, 0.1) is 0 Å². The summed E-state index contributed by atoms with van der Waals surface area (Å²) in [5.41, 5.74) is 2.19. The van der Waals surface area contributed by atoms with Crippen LogP contribution in [-0.4, -0.2) is 75.5 Å². The van der Waals surface area contributed by atoms with Crippen molar-refractivity contribution < 1.29 is 38.6 Å².